The van der Waals surface area contributed by atoms with Crippen molar-refractivity contribution >= 4 is 23.0 Å². The van der Waals surface area contributed by atoms with Crippen LogP contribution in [-0.4, -0.2) is 12.6 Å². The van der Waals surface area contributed by atoms with Gasteiger partial charge in [0.15, 0.2) is 5.75 Å². The molecule has 0 aliphatic carbocycles. The number of ether oxygens (including phenoxy) is 1. The van der Waals surface area contributed by atoms with E-state index in [1.807, 2.05) is 60.7 Å². The average molecular weight is 415 g/mol. The highest BCUT2D eigenvalue weighted by Crippen LogP contribution is 2.34. The van der Waals surface area contributed by atoms with E-state index in [4.69, 9.17) is 14.5 Å². The van der Waals surface area contributed by atoms with E-state index in [0.717, 1.165) is 23.1 Å². The monoisotopic (exact) mass is 415 g/mol. The second-order valence-electron chi connectivity index (χ2n) is 6.68. The van der Waals surface area contributed by atoms with Gasteiger partial charge in [-0.3, -0.25) is 9.78 Å². The molecule has 0 atom stereocenters. The number of para-hydroxylation sites is 2. The van der Waals surface area contributed by atoms with Crippen molar-refractivity contribution in [3.05, 3.63) is 110 Å². The van der Waals surface area contributed by atoms with Crippen LogP contribution < -0.4 is 9.79 Å². The maximum atomic E-state index is 11.0. The van der Waals surface area contributed by atoms with Crippen LogP contribution in [0.4, 0.5) is 17.1 Å². The van der Waals surface area contributed by atoms with Crippen molar-refractivity contribution in [1.29, 1.82) is 0 Å². The van der Waals surface area contributed by atoms with Gasteiger partial charge in [-0.05, 0) is 55.0 Å². The zero-order chi connectivity index (χ0) is 21.9. The molecule has 0 bridgehead atoms. The largest absolute Gasteiger partial charge is 0.463 e. The highest BCUT2D eigenvalue weighted by atomic mass is 17.2. The van der Waals surface area contributed by atoms with E-state index in [1.54, 1.807) is 0 Å². The molecule has 3 aromatic rings. The molecule has 0 radical (unpaired) electrons. The Morgan fingerprint density at radius 3 is 1.94 bits per heavy atom. The maximum absolute atomic E-state index is 11.0. The van der Waals surface area contributed by atoms with Gasteiger partial charge >= 0.3 is 5.97 Å². The van der Waals surface area contributed by atoms with Gasteiger partial charge in [-0.2, -0.15) is 0 Å². The zero-order valence-electron chi connectivity index (χ0n) is 17.3. The Bertz CT molecular complexity index is 945. The number of carbonyl (C=O) groups is 1. The van der Waals surface area contributed by atoms with E-state index in [2.05, 4.69) is 42.3 Å². The van der Waals surface area contributed by atoms with Crippen molar-refractivity contribution < 1.29 is 19.3 Å². The van der Waals surface area contributed by atoms with Crippen molar-refractivity contribution in [1.82, 2.24) is 0 Å². The number of benzene rings is 3. The van der Waals surface area contributed by atoms with Gasteiger partial charge in [0.25, 0.3) is 0 Å². The molecule has 0 saturated carbocycles. The minimum Gasteiger partial charge on any atom is -0.463 e. The first-order valence-electron chi connectivity index (χ1n) is 9.99. The molecular formula is C26H25NO4. The Morgan fingerprint density at radius 2 is 1.39 bits per heavy atom. The summed E-state index contributed by atoms with van der Waals surface area (Å²) < 4.78 is 4.91. The van der Waals surface area contributed by atoms with Gasteiger partial charge in [-0.25, -0.2) is 4.79 Å². The highest BCUT2D eigenvalue weighted by Gasteiger charge is 2.12. The molecule has 0 aliphatic rings. The van der Waals surface area contributed by atoms with Gasteiger partial charge in [-0.15, -0.1) is 0 Å². The molecule has 0 N–H and O–H groups in total. The van der Waals surface area contributed by atoms with E-state index in [1.165, 1.54) is 0 Å². The first-order chi connectivity index (χ1) is 15.2. The van der Waals surface area contributed by atoms with Crippen LogP contribution in [0.25, 0.3) is 0 Å². The van der Waals surface area contributed by atoms with Crippen LogP contribution in [0.3, 0.4) is 0 Å². The van der Waals surface area contributed by atoms with Crippen molar-refractivity contribution in [3.8, 4) is 5.75 Å². The Kier molecular flexibility index (Phi) is 7.89. The summed E-state index contributed by atoms with van der Waals surface area (Å²) in [5, 5.41) is 0. The number of esters is 1. The molecule has 0 fully saturated rings. The van der Waals surface area contributed by atoms with E-state index in [9.17, 15) is 4.79 Å². The topological polar surface area (TPSA) is 48.0 Å². The molecule has 0 unspecified atom stereocenters. The number of rotatable bonds is 11. The number of allylic oxidation sites excluding steroid dienone is 1. The van der Waals surface area contributed by atoms with E-state index >= 15 is 0 Å². The van der Waals surface area contributed by atoms with Gasteiger partial charge in [0.1, 0.15) is 5.76 Å². The van der Waals surface area contributed by atoms with Crippen molar-refractivity contribution in [2.45, 2.75) is 12.8 Å². The molecule has 0 aromatic heterocycles. The maximum Gasteiger partial charge on any atom is 0.330 e. The number of hydrogen-bond donors (Lipinski definition) is 0. The third kappa shape index (κ3) is 6.51. The van der Waals surface area contributed by atoms with Gasteiger partial charge in [0.2, 0.25) is 0 Å². The lowest BCUT2D eigenvalue weighted by molar-refractivity contribution is -0.169. The fraction of sp³-hybridized carbons (Fsp3) is 0.115. The first-order valence-corrected chi connectivity index (χ1v) is 9.99. The number of anilines is 3. The summed E-state index contributed by atoms with van der Waals surface area (Å²) >= 11 is 0. The Morgan fingerprint density at radius 1 is 0.839 bits per heavy atom. The molecule has 5 nitrogen and oxygen atoms in total. The lowest BCUT2D eigenvalue weighted by Gasteiger charge is -2.25. The van der Waals surface area contributed by atoms with Crippen molar-refractivity contribution in [2.24, 2.45) is 0 Å². The fourth-order valence-corrected chi connectivity index (χ4v) is 2.90. The van der Waals surface area contributed by atoms with Gasteiger partial charge in [0, 0.05) is 29.6 Å². The standard InChI is InChI=1S/C26H25NO4/c1-3-26(28)29-20-10-11-21(2)30-31-25-18-16-24(17-19-25)27(22-12-6-4-7-13-22)23-14-8-5-9-15-23/h3-9,12-19H,1-2,10-11,20H2. The second kappa shape index (κ2) is 11.3. The third-order valence-corrected chi connectivity index (χ3v) is 4.39. The molecule has 0 spiro atoms. The Hall–Kier alpha value is -3.99. The molecule has 5 heteroatoms. The molecule has 158 valence electrons. The van der Waals surface area contributed by atoms with Crippen molar-refractivity contribution in [3.63, 3.8) is 0 Å². The van der Waals surface area contributed by atoms with E-state index in [-0.39, 0.29) is 6.61 Å². The number of carbonyl (C=O) groups excluding carboxylic acids is 1. The summed E-state index contributed by atoms with van der Waals surface area (Å²) in [5.74, 6) is 0.570. The minimum atomic E-state index is -0.442. The van der Waals surface area contributed by atoms with Crippen LogP contribution in [0.5, 0.6) is 5.75 Å². The van der Waals surface area contributed by atoms with Crippen LogP contribution in [-0.2, 0) is 14.4 Å². The lowest BCUT2D eigenvalue weighted by Crippen LogP contribution is -2.09. The fourth-order valence-electron chi connectivity index (χ4n) is 2.90. The normalized spacial score (nSPS) is 10.1. The number of nitrogens with zero attached hydrogens (tertiary/aromatic N) is 1. The molecule has 31 heavy (non-hydrogen) atoms. The summed E-state index contributed by atoms with van der Waals surface area (Å²) in [6.07, 6.45) is 2.23. The summed E-state index contributed by atoms with van der Waals surface area (Å²) in [4.78, 5) is 23.8. The quantitative estimate of drug-likeness (QED) is 0.0894. The summed E-state index contributed by atoms with van der Waals surface area (Å²) in [6, 6.07) is 27.9. The van der Waals surface area contributed by atoms with Crippen LogP contribution in [0.2, 0.25) is 0 Å². The Labute approximate surface area is 182 Å². The molecule has 0 aliphatic heterocycles. The van der Waals surface area contributed by atoms with Gasteiger partial charge in [0.05, 0.1) is 6.61 Å². The molecule has 3 aromatic carbocycles. The molecule has 0 saturated heterocycles. The van der Waals surface area contributed by atoms with E-state index < -0.39 is 5.97 Å². The van der Waals surface area contributed by atoms with Gasteiger partial charge < -0.3 is 9.64 Å². The summed E-state index contributed by atoms with van der Waals surface area (Å²) in [7, 11) is 0. The third-order valence-electron chi connectivity index (χ3n) is 4.39. The van der Waals surface area contributed by atoms with Crippen LogP contribution >= 0.6 is 0 Å². The predicted octanol–water partition coefficient (Wildman–Crippen LogP) is 6.49. The molecule has 0 amide bonds. The highest BCUT2D eigenvalue weighted by molar-refractivity contribution is 5.81. The van der Waals surface area contributed by atoms with Crippen LogP contribution in [0.1, 0.15) is 12.8 Å². The lowest BCUT2D eigenvalue weighted by atomic mass is 10.2. The van der Waals surface area contributed by atoms with Gasteiger partial charge in [-0.1, -0.05) is 49.6 Å². The SMILES string of the molecule is C=CC(=O)OCCCC(=C)OOc1ccc(N(c2ccccc2)c2ccccc2)cc1. The van der Waals surface area contributed by atoms with Crippen LogP contribution in [0, 0.1) is 0 Å². The van der Waals surface area contributed by atoms with Crippen LogP contribution in [0.15, 0.2) is 110 Å². The summed E-state index contributed by atoms with van der Waals surface area (Å²) in [5.41, 5.74) is 3.11. The molecular weight excluding hydrogens is 390 g/mol. The minimum absolute atomic E-state index is 0.275. The number of hydrogen-bond acceptors (Lipinski definition) is 5. The van der Waals surface area contributed by atoms with E-state index in [0.29, 0.717) is 24.4 Å². The first kappa shape index (κ1) is 21.7. The predicted molar refractivity (Wildman–Crippen MR) is 122 cm³/mol. The zero-order valence-corrected chi connectivity index (χ0v) is 17.3. The smallest absolute Gasteiger partial charge is 0.330 e. The second-order valence-corrected chi connectivity index (χ2v) is 6.68. The average Bonchev–Trinajstić information content (AvgIpc) is 2.82. The Balaban J connectivity index is 1.60. The molecule has 3 rings (SSSR count). The molecule has 0 heterocycles. The van der Waals surface area contributed by atoms with Crippen molar-refractivity contribution in [2.75, 3.05) is 11.5 Å². The summed E-state index contributed by atoms with van der Waals surface area (Å²) in [6.45, 7) is 7.44.